The molecule has 2 amide bonds. The highest BCUT2D eigenvalue weighted by molar-refractivity contribution is 5.98. The lowest BCUT2D eigenvalue weighted by molar-refractivity contribution is 0.0746. The molecule has 0 bridgehead atoms. The number of hydrogen-bond acceptors (Lipinski definition) is 6. The van der Waals surface area contributed by atoms with Crippen LogP contribution in [0.15, 0.2) is 42.6 Å². The van der Waals surface area contributed by atoms with Crippen LogP contribution in [0.1, 0.15) is 41.0 Å². The van der Waals surface area contributed by atoms with Crippen molar-refractivity contribution in [3.63, 3.8) is 0 Å². The van der Waals surface area contributed by atoms with Gasteiger partial charge in [-0.25, -0.2) is 4.98 Å². The van der Waals surface area contributed by atoms with E-state index in [1.165, 1.54) is 0 Å². The van der Waals surface area contributed by atoms with Crippen molar-refractivity contribution in [2.45, 2.75) is 26.3 Å². The average Bonchev–Trinajstić information content (AvgIpc) is 2.81. The number of hydrogen-bond donors (Lipinski definition) is 2. The van der Waals surface area contributed by atoms with Crippen LogP contribution in [0.4, 0.5) is 11.5 Å². The summed E-state index contributed by atoms with van der Waals surface area (Å²) in [4.78, 5) is 36.0. The first-order valence-electron chi connectivity index (χ1n) is 11.6. The molecule has 8 nitrogen and oxygen atoms in total. The van der Waals surface area contributed by atoms with Gasteiger partial charge in [-0.15, -0.1) is 0 Å². The fraction of sp³-hybridized carbons (Fsp3) is 0.480. The number of anilines is 2. The molecule has 2 heterocycles. The van der Waals surface area contributed by atoms with E-state index in [4.69, 9.17) is 0 Å². The van der Waals surface area contributed by atoms with Gasteiger partial charge in [0.2, 0.25) is 0 Å². The topological polar surface area (TPSA) is 80.8 Å². The Kier molecular flexibility index (Phi) is 8.65. The Morgan fingerprint density at radius 3 is 2.33 bits per heavy atom. The van der Waals surface area contributed by atoms with Gasteiger partial charge in [0, 0.05) is 56.1 Å². The smallest absolute Gasteiger partial charge is 0.253 e. The molecule has 8 heteroatoms. The summed E-state index contributed by atoms with van der Waals surface area (Å²) in [6, 6.07) is 11.2. The monoisotopic (exact) mass is 452 g/mol. The number of carbonyl (C=O) groups is 2. The van der Waals surface area contributed by atoms with Crippen molar-refractivity contribution in [1.82, 2.24) is 20.1 Å². The lowest BCUT2D eigenvalue weighted by Gasteiger charge is -2.36. The number of piperazine rings is 1. The standard InChI is InChI=1S/C25H36N6O2/c1-19(2)28-22-7-5-12-26-23(22)30-15-17-31(18-16-30)25(33)21-10-8-20(9-11-21)24(32)27-13-6-14-29(3)4/h5,7-12,19,28H,6,13-18H2,1-4H3,(H,27,32). The Balaban J connectivity index is 1.53. The molecule has 2 aromatic rings. The minimum Gasteiger partial charge on any atom is -0.380 e. The molecule has 2 N–H and O–H groups in total. The highest BCUT2D eigenvalue weighted by atomic mass is 16.2. The van der Waals surface area contributed by atoms with Crippen molar-refractivity contribution in [1.29, 1.82) is 0 Å². The first-order chi connectivity index (χ1) is 15.8. The zero-order valence-electron chi connectivity index (χ0n) is 20.2. The van der Waals surface area contributed by atoms with Gasteiger partial charge in [-0.3, -0.25) is 9.59 Å². The Hall–Kier alpha value is -3.13. The highest BCUT2D eigenvalue weighted by Gasteiger charge is 2.24. The first kappa shape index (κ1) is 24.5. The van der Waals surface area contributed by atoms with Crippen LogP contribution in [0.2, 0.25) is 0 Å². The molecule has 0 atom stereocenters. The van der Waals surface area contributed by atoms with Crippen LogP contribution >= 0.6 is 0 Å². The van der Waals surface area contributed by atoms with Crippen LogP contribution in [0.25, 0.3) is 0 Å². The number of amides is 2. The average molecular weight is 453 g/mol. The minimum atomic E-state index is -0.109. The van der Waals surface area contributed by atoms with Crippen molar-refractivity contribution in [3.05, 3.63) is 53.7 Å². The minimum absolute atomic E-state index is 0.00543. The van der Waals surface area contributed by atoms with Gasteiger partial charge in [0.15, 0.2) is 5.82 Å². The highest BCUT2D eigenvalue weighted by Crippen LogP contribution is 2.25. The third-order valence-electron chi connectivity index (χ3n) is 5.56. The second kappa shape index (κ2) is 11.7. The van der Waals surface area contributed by atoms with E-state index in [1.807, 2.05) is 31.1 Å². The molecule has 33 heavy (non-hydrogen) atoms. The number of pyridine rings is 1. The van der Waals surface area contributed by atoms with Gasteiger partial charge in [0.1, 0.15) is 0 Å². The van der Waals surface area contributed by atoms with E-state index < -0.39 is 0 Å². The summed E-state index contributed by atoms with van der Waals surface area (Å²) in [5.74, 6) is 0.816. The summed E-state index contributed by atoms with van der Waals surface area (Å²) in [6.07, 6.45) is 2.70. The molecule has 1 aliphatic heterocycles. The summed E-state index contributed by atoms with van der Waals surface area (Å²) >= 11 is 0. The summed E-state index contributed by atoms with van der Waals surface area (Å²) < 4.78 is 0. The molecule has 1 aromatic heterocycles. The van der Waals surface area contributed by atoms with E-state index in [9.17, 15) is 9.59 Å². The number of benzene rings is 1. The molecule has 0 spiro atoms. The van der Waals surface area contributed by atoms with Crippen LogP contribution in [-0.2, 0) is 0 Å². The normalized spacial score (nSPS) is 14.0. The van der Waals surface area contributed by atoms with Gasteiger partial charge in [0.25, 0.3) is 11.8 Å². The number of nitrogens with one attached hydrogen (secondary N) is 2. The molecule has 1 aliphatic rings. The van der Waals surface area contributed by atoms with E-state index in [1.54, 1.807) is 30.5 Å². The van der Waals surface area contributed by atoms with Crippen LogP contribution in [0.3, 0.4) is 0 Å². The predicted octanol–water partition coefficient (Wildman–Crippen LogP) is 2.55. The molecular weight excluding hydrogens is 416 g/mol. The SMILES string of the molecule is CC(C)Nc1cccnc1N1CCN(C(=O)c2ccc(C(=O)NCCCN(C)C)cc2)CC1. The van der Waals surface area contributed by atoms with Crippen molar-refractivity contribution in [2.24, 2.45) is 0 Å². The largest absolute Gasteiger partial charge is 0.380 e. The van der Waals surface area contributed by atoms with Crippen LogP contribution in [-0.4, -0.2) is 86.0 Å². The lowest BCUT2D eigenvalue weighted by Crippen LogP contribution is -2.49. The van der Waals surface area contributed by atoms with Crippen molar-refractivity contribution in [3.8, 4) is 0 Å². The Morgan fingerprint density at radius 2 is 1.70 bits per heavy atom. The quantitative estimate of drug-likeness (QED) is 0.569. The second-order valence-corrected chi connectivity index (χ2v) is 8.94. The van der Waals surface area contributed by atoms with E-state index in [0.29, 0.717) is 36.8 Å². The fourth-order valence-electron chi connectivity index (χ4n) is 3.84. The summed E-state index contributed by atoms with van der Waals surface area (Å²) in [5.41, 5.74) is 2.19. The molecule has 178 valence electrons. The Morgan fingerprint density at radius 1 is 1.03 bits per heavy atom. The van der Waals surface area contributed by atoms with Crippen molar-refractivity contribution < 1.29 is 9.59 Å². The maximum atomic E-state index is 13.0. The van der Waals surface area contributed by atoms with E-state index in [2.05, 4.69) is 39.3 Å². The third kappa shape index (κ3) is 6.92. The number of rotatable bonds is 9. The molecule has 3 rings (SSSR count). The number of nitrogens with zero attached hydrogens (tertiary/aromatic N) is 4. The van der Waals surface area contributed by atoms with Gasteiger partial charge >= 0.3 is 0 Å². The number of aromatic nitrogens is 1. The van der Waals surface area contributed by atoms with Crippen LogP contribution in [0.5, 0.6) is 0 Å². The number of carbonyl (C=O) groups excluding carboxylic acids is 2. The van der Waals surface area contributed by atoms with Crippen molar-refractivity contribution >= 4 is 23.3 Å². The Labute approximate surface area is 197 Å². The fourth-order valence-corrected chi connectivity index (χ4v) is 3.84. The van der Waals surface area contributed by atoms with Crippen molar-refractivity contribution in [2.75, 3.05) is 63.6 Å². The van der Waals surface area contributed by atoms with Gasteiger partial charge < -0.3 is 25.3 Å². The molecule has 0 radical (unpaired) electrons. The second-order valence-electron chi connectivity index (χ2n) is 8.94. The summed E-state index contributed by atoms with van der Waals surface area (Å²) in [5, 5.41) is 6.37. The van der Waals surface area contributed by atoms with Gasteiger partial charge in [-0.1, -0.05) is 0 Å². The molecule has 0 saturated carbocycles. The lowest BCUT2D eigenvalue weighted by atomic mass is 10.1. The molecular formula is C25H36N6O2. The molecule has 1 fully saturated rings. The predicted molar refractivity (Wildman–Crippen MR) is 133 cm³/mol. The van der Waals surface area contributed by atoms with Gasteiger partial charge in [-0.2, -0.15) is 0 Å². The maximum absolute atomic E-state index is 13.0. The van der Waals surface area contributed by atoms with Gasteiger partial charge in [-0.05, 0) is 77.3 Å². The first-order valence-corrected chi connectivity index (χ1v) is 11.6. The molecule has 1 saturated heterocycles. The zero-order valence-corrected chi connectivity index (χ0v) is 20.2. The van der Waals surface area contributed by atoms with E-state index >= 15 is 0 Å². The Bertz CT molecular complexity index is 921. The summed E-state index contributed by atoms with van der Waals surface area (Å²) in [7, 11) is 4.02. The van der Waals surface area contributed by atoms with E-state index in [-0.39, 0.29) is 11.8 Å². The maximum Gasteiger partial charge on any atom is 0.253 e. The summed E-state index contributed by atoms with van der Waals surface area (Å²) in [6.45, 7) is 8.48. The molecule has 0 aliphatic carbocycles. The molecule has 0 unspecified atom stereocenters. The van der Waals surface area contributed by atoms with Gasteiger partial charge in [0.05, 0.1) is 5.69 Å². The van der Waals surface area contributed by atoms with Crippen LogP contribution in [0, 0.1) is 0 Å². The van der Waals surface area contributed by atoms with Crippen LogP contribution < -0.4 is 15.5 Å². The molecule has 1 aromatic carbocycles. The van der Waals surface area contributed by atoms with E-state index in [0.717, 1.165) is 37.6 Å². The third-order valence-corrected chi connectivity index (χ3v) is 5.56. The zero-order chi connectivity index (χ0) is 23.8.